The first-order valence-electron chi connectivity index (χ1n) is 12.5. The van der Waals surface area contributed by atoms with Crippen molar-refractivity contribution in [2.75, 3.05) is 0 Å². The number of hydrogen-bond acceptors (Lipinski definition) is 1. The summed E-state index contributed by atoms with van der Waals surface area (Å²) in [5.41, 5.74) is 8.71. The number of para-hydroxylation sites is 3. The van der Waals surface area contributed by atoms with Gasteiger partial charge in [0, 0.05) is 38.6 Å². The third-order valence-electron chi connectivity index (χ3n) is 7.27. The topological polar surface area (TPSA) is 38.5 Å². The van der Waals surface area contributed by atoms with Gasteiger partial charge in [-0.15, -0.1) is 0 Å². The predicted molar refractivity (Wildman–Crippen MR) is 153 cm³/mol. The van der Waals surface area contributed by atoms with E-state index in [1.165, 1.54) is 10.8 Å². The molecule has 8 aromatic rings. The smallest absolute Gasteiger partial charge is 0.165 e. The summed E-state index contributed by atoms with van der Waals surface area (Å²) in [6, 6.07) is 44.6. The third-order valence-corrected chi connectivity index (χ3v) is 7.27. The Labute approximate surface area is 213 Å². The van der Waals surface area contributed by atoms with Crippen molar-refractivity contribution >= 4 is 43.9 Å². The highest BCUT2D eigenvalue weighted by atomic mass is 15.2. The van der Waals surface area contributed by atoms with Crippen LogP contribution in [0, 0.1) is 0 Å². The summed E-state index contributed by atoms with van der Waals surface area (Å²) in [7, 11) is 0. The van der Waals surface area contributed by atoms with Crippen LogP contribution in [0.3, 0.4) is 0 Å². The second-order valence-electron chi connectivity index (χ2n) is 9.37. The average Bonchev–Trinajstić information content (AvgIpc) is 3.63. The van der Waals surface area contributed by atoms with E-state index in [1.54, 1.807) is 0 Å². The van der Waals surface area contributed by atoms with Crippen LogP contribution < -0.4 is 0 Å². The molecule has 37 heavy (non-hydrogen) atoms. The summed E-state index contributed by atoms with van der Waals surface area (Å²) in [4.78, 5) is 9.08. The molecule has 0 aliphatic carbocycles. The molecule has 0 aliphatic heterocycles. The average molecular weight is 475 g/mol. The lowest BCUT2D eigenvalue weighted by Gasteiger charge is -2.10. The Balaban J connectivity index is 1.61. The van der Waals surface area contributed by atoms with Crippen LogP contribution in [0.5, 0.6) is 0 Å². The SMILES string of the molecule is c1ccc(-c2nc3c(c4ccc5c6ccccc6[nH]c5c4n3-c3ccccc3)n2-c2ccccc2)cc1. The second-order valence-corrected chi connectivity index (χ2v) is 9.37. The molecule has 8 rings (SSSR count). The Bertz CT molecular complexity index is 2060. The fourth-order valence-corrected chi connectivity index (χ4v) is 5.68. The fraction of sp³-hybridized carbons (Fsp3) is 0. The number of hydrogen-bond donors (Lipinski definition) is 1. The van der Waals surface area contributed by atoms with Gasteiger partial charge in [-0.25, -0.2) is 4.98 Å². The summed E-state index contributed by atoms with van der Waals surface area (Å²) < 4.78 is 4.62. The van der Waals surface area contributed by atoms with Crippen molar-refractivity contribution in [1.82, 2.24) is 19.1 Å². The van der Waals surface area contributed by atoms with Crippen molar-refractivity contribution in [3.63, 3.8) is 0 Å². The zero-order valence-electron chi connectivity index (χ0n) is 20.0. The molecule has 0 fully saturated rings. The third kappa shape index (κ3) is 2.87. The van der Waals surface area contributed by atoms with Gasteiger partial charge in [-0.2, -0.15) is 0 Å². The van der Waals surface area contributed by atoms with Gasteiger partial charge in [0.1, 0.15) is 11.3 Å². The molecule has 0 aliphatic rings. The number of nitrogens with one attached hydrogen (secondary N) is 1. The summed E-state index contributed by atoms with van der Waals surface area (Å²) in [6.45, 7) is 0. The maximum absolute atomic E-state index is 5.35. The zero-order chi connectivity index (χ0) is 24.3. The van der Waals surface area contributed by atoms with E-state index < -0.39 is 0 Å². The lowest BCUT2D eigenvalue weighted by atomic mass is 10.1. The quantitative estimate of drug-likeness (QED) is 0.275. The van der Waals surface area contributed by atoms with E-state index in [1.807, 2.05) is 6.07 Å². The molecule has 0 amide bonds. The number of nitrogens with zero attached hydrogens (tertiary/aromatic N) is 3. The normalized spacial score (nSPS) is 11.8. The first kappa shape index (κ1) is 20.1. The molecular weight excluding hydrogens is 452 g/mol. The van der Waals surface area contributed by atoms with Gasteiger partial charge in [0.25, 0.3) is 0 Å². The highest BCUT2D eigenvalue weighted by Gasteiger charge is 2.24. The molecular formula is C33H22N4. The van der Waals surface area contributed by atoms with Crippen LogP contribution in [0.15, 0.2) is 127 Å². The highest BCUT2D eigenvalue weighted by molar-refractivity contribution is 6.22. The van der Waals surface area contributed by atoms with Gasteiger partial charge in [0.15, 0.2) is 5.65 Å². The predicted octanol–water partition coefficient (Wildman–Crippen LogP) is 8.27. The van der Waals surface area contributed by atoms with Gasteiger partial charge in [0.05, 0.1) is 11.0 Å². The van der Waals surface area contributed by atoms with Gasteiger partial charge >= 0.3 is 0 Å². The van der Waals surface area contributed by atoms with Gasteiger partial charge in [-0.05, 0) is 36.4 Å². The number of aromatic amines is 1. The number of H-pyrrole nitrogens is 1. The molecule has 1 N–H and O–H groups in total. The van der Waals surface area contributed by atoms with Crippen molar-refractivity contribution in [3.8, 4) is 22.8 Å². The van der Waals surface area contributed by atoms with Crippen LogP contribution in [0.2, 0.25) is 0 Å². The minimum atomic E-state index is 0.931. The highest BCUT2D eigenvalue weighted by Crippen LogP contribution is 2.41. The van der Waals surface area contributed by atoms with E-state index in [-0.39, 0.29) is 0 Å². The summed E-state index contributed by atoms with van der Waals surface area (Å²) in [5.74, 6) is 0.931. The fourth-order valence-electron chi connectivity index (χ4n) is 5.68. The number of benzene rings is 5. The number of rotatable bonds is 3. The molecule has 5 aromatic carbocycles. The van der Waals surface area contributed by atoms with E-state index in [0.717, 1.165) is 55.9 Å². The molecule has 0 atom stereocenters. The maximum Gasteiger partial charge on any atom is 0.165 e. The molecule has 4 nitrogen and oxygen atoms in total. The summed E-state index contributed by atoms with van der Waals surface area (Å²) >= 11 is 0. The number of imidazole rings is 1. The molecule has 4 heteroatoms. The van der Waals surface area contributed by atoms with Crippen LogP contribution in [0.1, 0.15) is 0 Å². The van der Waals surface area contributed by atoms with Gasteiger partial charge in [-0.1, -0.05) is 91.0 Å². The van der Waals surface area contributed by atoms with Gasteiger partial charge in [0.2, 0.25) is 0 Å². The Morgan fingerprint density at radius 3 is 1.81 bits per heavy atom. The van der Waals surface area contributed by atoms with Crippen LogP contribution >= 0.6 is 0 Å². The molecule has 174 valence electrons. The van der Waals surface area contributed by atoms with Gasteiger partial charge in [-0.3, -0.25) is 9.13 Å². The maximum atomic E-state index is 5.35. The molecule has 0 saturated heterocycles. The van der Waals surface area contributed by atoms with E-state index in [9.17, 15) is 0 Å². The first-order valence-corrected chi connectivity index (χ1v) is 12.5. The van der Waals surface area contributed by atoms with E-state index in [4.69, 9.17) is 4.98 Å². The Kier molecular flexibility index (Phi) is 4.19. The second kappa shape index (κ2) is 7.70. The van der Waals surface area contributed by atoms with Crippen molar-refractivity contribution in [3.05, 3.63) is 127 Å². The van der Waals surface area contributed by atoms with Crippen LogP contribution in [0.25, 0.3) is 66.6 Å². The standard InChI is InChI=1S/C33H22N4/c1-4-12-22(13-5-1)32-35-33-31(37(32)24-16-8-3-9-17-24)27-21-20-26-25-18-10-11-19-28(25)34-29(26)30(27)36(33)23-14-6-2-7-15-23/h1-21,34H. The lowest BCUT2D eigenvalue weighted by Crippen LogP contribution is -1.98. The number of aromatic nitrogens is 4. The van der Waals surface area contributed by atoms with E-state index in [0.29, 0.717) is 0 Å². The molecule has 0 unspecified atom stereocenters. The van der Waals surface area contributed by atoms with E-state index in [2.05, 4.69) is 135 Å². The van der Waals surface area contributed by atoms with Crippen LogP contribution in [0.4, 0.5) is 0 Å². The Morgan fingerprint density at radius 1 is 0.486 bits per heavy atom. The minimum absolute atomic E-state index is 0.931. The molecule has 3 heterocycles. The van der Waals surface area contributed by atoms with E-state index >= 15 is 0 Å². The van der Waals surface area contributed by atoms with Crippen LogP contribution in [-0.4, -0.2) is 19.1 Å². The van der Waals surface area contributed by atoms with Crippen molar-refractivity contribution in [2.45, 2.75) is 0 Å². The molecule has 0 bridgehead atoms. The molecule has 0 saturated carbocycles. The zero-order valence-corrected chi connectivity index (χ0v) is 20.0. The lowest BCUT2D eigenvalue weighted by molar-refractivity contribution is 1.10. The molecule has 0 radical (unpaired) electrons. The molecule has 3 aromatic heterocycles. The van der Waals surface area contributed by atoms with Gasteiger partial charge < -0.3 is 4.98 Å². The molecule has 0 spiro atoms. The summed E-state index contributed by atoms with van der Waals surface area (Å²) in [6.07, 6.45) is 0. The minimum Gasteiger partial charge on any atom is -0.353 e. The Morgan fingerprint density at radius 2 is 1.08 bits per heavy atom. The van der Waals surface area contributed by atoms with Crippen molar-refractivity contribution in [2.24, 2.45) is 0 Å². The number of fused-ring (bicyclic) bond motifs is 7. The first-order chi connectivity index (χ1) is 18.4. The van der Waals surface area contributed by atoms with Crippen LogP contribution in [-0.2, 0) is 0 Å². The summed E-state index contributed by atoms with van der Waals surface area (Å²) in [5, 5.41) is 3.61. The van der Waals surface area contributed by atoms with Crippen molar-refractivity contribution < 1.29 is 0 Å². The monoisotopic (exact) mass is 474 g/mol. The largest absolute Gasteiger partial charge is 0.353 e. The van der Waals surface area contributed by atoms with Crippen molar-refractivity contribution in [1.29, 1.82) is 0 Å². The Hall–Kier alpha value is -5.09.